The highest BCUT2D eigenvalue weighted by atomic mass is 35.5. The Balaban J connectivity index is 1.85. The zero-order valence-electron chi connectivity index (χ0n) is 9.60. The number of rotatable bonds is 2. The molecule has 1 aliphatic heterocycles. The first-order valence-corrected chi connectivity index (χ1v) is 6.45. The van der Waals surface area contributed by atoms with E-state index in [2.05, 4.69) is 0 Å². The van der Waals surface area contributed by atoms with Gasteiger partial charge in [0.1, 0.15) is 5.69 Å². The number of amides is 1. The molecule has 17 heavy (non-hydrogen) atoms. The summed E-state index contributed by atoms with van der Waals surface area (Å²) in [7, 11) is 0. The molecule has 0 unspecified atom stereocenters. The van der Waals surface area contributed by atoms with Gasteiger partial charge in [0.2, 0.25) is 0 Å². The molecule has 1 saturated carbocycles. The Morgan fingerprint density at radius 2 is 2.18 bits per heavy atom. The van der Waals surface area contributed by atoms with Gasteiger partial charge in [-0.2, -0.15) is 0 Å². The van der Waals surface area contributed by atoms with Crippen molar-refractivity contribution in [3.63, 3.8) is 0 Å². The van der Waals surface area contributed by atoms with Crippen LogP contribution in [0.3, 0.4) is 0 Å². The van der Waals surface area contributed by atoms with Crippen LogP contribution in [0.25, 0.3) is 0 Å². The maximum Gasteiger partial charge on any atom is 0.270 e. The summed E-state index contributed by atoms with van der Waals surface area (Å²) in [6, 6.07) is 2.36. The van der Waals surface area contributed by atoms with Crippen molar-refractivity contribution >= 4 is 17.5 Å². The van der Waals surface area contributed by atoms with E-state index in [1.54, 1.807) is 6.07 Å². The lowest BCUT2D eigenvalue weighted by atomic mass is 10.3. The number of carbonyl (C=O) groups excluding carboxylic acids is 1. The number of hydrogen-bond donors (Lipinski definition) is 1. The minimum absolute atomic E-state index is 0.0664. The van der Waals surface area contributed by atoms with Crippen molar-refractivity contribution in [2.24, 2.45) is 5.73 Å². The average molecular weight is 254 g/mol. The molecule has 2 fully saturated rings. The molecular weight excluding hydrogens is 238 g/mol. The molecule has 1 atom stereocenters. The fourth-order valence-electron chi connectivity index (χ4n) is 2.41. The van der Waals surface area contributed by atoms with Crippen molar-refractivity contribution in [3.05, 3.63) is 23.0 Å². The highest BCUT2D eigenvalue weighted by molar-refractivity contribution is 6.31. The van der Waals surface area contributed by atoms with Gasteiger partial charge in [-0.25, -0.2) is 0 Å². The molecule has 1 aromatic rings. The second-order valence-electron chi connectivity index (χ2n) is 4.98. The van der Waals surface area contributed by atoms with Gasteiger partial charge in [-0.05, 0) is 25.3 Å². The summed E-state index contributed by atoms with van der Waals surface area (Å²) in [6.07, 6.45) is 5.04. The Morgan fingerprint density at radius 1 is 1.41 bits per heavy atom. The SMILES string of the molecule is N[C@H]1CCN(C(=O)c2cc(Cl)cn2C2CC2)C1. The van der Waals surface area contributed by atoms with Crippen molar-refractivity contribution in [1.29, 1.82) is 0 Å². The lowest BCUT2D eigenvalue weighted by molar-refractivity contribution is 0.0780. The maximum atomic E-state index is 12.3. The normalized spacial score (nSPS) is 24.4. The Hall–Kier alpha value is -1.00. The standard InChI is InChI=1S/C12H16ClN3O/c13-8-5-11(16(6-8)10-1-2-10)12(17)15-4-3-9(14)7-15/h5-6,9-10H,1-4,7,14H2/t9-/m0/s1. The molecule has 0 aromatic carbocycles. The van der Waals surface area contributed by atoms with Crippen LogP contribution in [0.4, 0.5) is 0 Å². The summed E-state index contributed by atoms with van der Waals surface area (Å²) in [5.41, 5.74) is 6.54. The van der Waals surface area contributed by atoms with Gasteiger partial charge in [0.05, 0.1) is 5.02 Å². The van der Waals surface area contributed by atoms with Crippen molar-refractivity contribution in [1.82, 2.24) is 9.47 Å². The average Bonchev–Trinajstić information content (AvgIpc) is 2.94. The Morgan fingerprint density at radius 3 is 2.76 bits per heavy atom. The van der Waals surface area contributed by atoms with E-state index in [1.165, 1.54) is 0 Å². The van der Waals surface area contributed by atoms with E-state index in [0.717, 1.165) is 25.8 Å². The zero-order valence-corrected chi connectivity index (χ0v) is 10.4. The van der Waals surface area contributed by atoms with E-state index in [1.807, 2.05) is 15.7 Å². The largest absolute Gasteiger partial charge is 0.339 e. The number of aromatic nitrogens is 1. The highest BCUT2D eigenvalue weighted by Crippen LogP contribution is 2.37. The van der Waals surface area contributed by atoms with E-state index in [9.17, 15) is 4.79 Å². The molecule has 1 amide bonds. The molecule has 3 rings (SSSR count). The second-order valence-corrected chi connectivity index (χ2v) is 5.42. The van der Waals surface area contributed by atoms with Gasteiger partial charge < -0.3 is 15.2 Å². The van der Waals surface area contributed by atoms with Crippen LogP contribution < -0.4 is 5.73 Å². The third-order valence-corrected chi connectivity index (χ3v) is 3.69. The number of nitrogens with two attached hydrogens (primary N) is 1. The van der Waals surface area contributed by atoms with Gasteiger partial charge in [0, 0.05) is 31.4 Å². The van der Waals surface area contributed by atoms with Crippen LogP contribution in [0.2, 0.25) is 5.02 Å². The van der Waals surface area contributed by atoms with Crippen LogP contribution in [-0.2, 0) is 0 Å². The summed E-state index contributed by atoms with van der Waals surface area (Å²) in [5.74, 6) is 0.0664. The fourth-order valence-corrected chi connectivity index (χ4v) is 2.61. The predicted octanol–water partition coefficient (Wildman–Crippen LogP) is 1.65. The van der Waals surface area contributed by atoms with Crippen molar-refractivity contribution in [3.8, 4) is 0 Å². The minimum atomic E-state index is 0.0664. The number of likely N-dealkylation sites (tertiary alicyclic amines) is 1. The minimum Gasteiger partial charge on any atom is -0.339 e. The van der Waals surface area contributed by atoms with Crippen LogP contribution in [0.15, 0.2) is 12.3 Å². The van der Waals surface area contributed by atoms with Crippen LogP contribution in [-0.4, -0.2) is 34.5 Å². The van der Waals surface area contributed by atoms with Crippen molar-refractivity contribution in [2.45, 2.75) is 31.3 Å². The Kier molecular flexibility index (Phi) is 2.64. The topological polar surface area (TPSA) is 51.3 Å². The molecule has 4 nitrogen and oxygen atoms in total. The second kappa shape index (κ2) is 4.03. The number of hydrogen-bond acceptors (Lipinski definition) is 2. The van der Waals surface area contributed by atoms with Crippen molar-refractivity contribution < 1.29 is 4.79 Å². The smallest absolute Gasteiger partial charge is 0.270 e. The third kappa shape index (κ3) is 2.07. The molecular formula is C12H16ClN3O. The molecule has 2 aliphatic rings. The summed E-state index contributed by atoms with van der Waals surface area (Å²) in [5, 5.41) is 0.642. The van der Waals surface area contributed by atoms with Crippen LogP contribution >= 0.6 is 11.6 Å². The van der Waals surface area contributed by atoms with E-state index in [-0.39, 0.29) is 11.9 Å². The summed E-state index contributed by atoms with van der Waals surface area (Å²) in [6.45, 7) is 1.42. The molecule has 0 radical (unpaired) electrons. The lowest BCUT2D eigenvalue weighted by Gasteiger charge is -2.17. The van der Waals surface area contributed by atoms with Gasteiger partial charge in [-0.15, -0.1) is 0 Å². The first-order valence-electron chi connectivity index (χ1n) is 6.07. The first kappa shape index (κ1) is 11.1. The summed E-state index contributed by atoms with van der Waals surface area (Å²) >= 11 is 6.00. The lowest BCUT2D eigenvalue weighted by Crippen LogP contribution is -2.33. The molecule has 92 valence electrons. The fraction of sp³-hybridized carbons (Fsp3) is 0.583. The maximum absolute atomic E-state index is 12.3. The van der Waals surface area contributed by atoms with Crippen molar-refractivity contribution in [2.75, 3.05) is 13.1 Å². The molecule has 1 aromatic heterocycles. The van der Waals surface area contributed by atoms with Gasteiger partial charge in [0.15, 0.2) is 0 Å². The molecule has 0 bridgehead atoms. The van der Waals surface area contributed by atoms with Gasteiger partial charge >= 0.3 is 0 Å². The Labute approximate surface area is 105 Å². The first-order chi connectivity index (χ1) is 8.15. The van der Waals surface area contributed by atoms with Gasteiger partial charge in [-0.3, -0.25) is 4.79 Å². The Bertz CT molecular complexity index is 453. The molecule has 1 saturated heterocycles. The number of nitrogens with zero attached hydrogens (tertiary/aromatic N) is 2. The van der Waals surface area contributed by atoms with Crippen LogP contribution in [0.1, 0.15) is 35.8 Å². The molecule has 2 heterocycles. The van der Waals surface area contributed by atoms with Gasteiger partial charge in [-0.1, -0.05) is 11.6 Å². The van der Waals surface area contributed by atoms with E-state index in [0.29, 0.717) is 23.3 Å². The van der Waals surface area contributed by atoms with Crippen LogP contribution in [0, 0.1) is 0 Å². The third-order valence-electron chi connectivity index (χ3n) is 3.49. The summed E-state index contributed by atoms with van der Waals surface area (Å²) < 4.78 is 2.02. The zero-order chi connectivity index (χ0) is 12.0. The summed E-state index contributed by atoms with van der Waals surface area (Å²) in [4.78, 5) is 14.2. The monoisotopic (exact) mass is 253 g/mol. The van der Waals surface area contributed by atoms with Crippen LogP contribution in [0.5, 0.6) is 0 Å². The number of carbonyl (C=O) groups is 1. The molecule has 1 aliphatic carbocycles. The van der Waals surface area contributed by atoms with Gasteiger partial charge in [0.25, 0.3) is 5.91 Å². The number of halogens is 1. The quantitative estimate of drug-likeness (QED) is 0.871. The predicted molar refractivity (Wildman–Crippen MR) is 66.2 cm³/mol. The van der Waals surface area contributed by atoms with E-state index < -0.39 is 0 Å². The van der Waals surface area contributed by atoms with E-state index in [4.69, 9.17) is 17.3 Å². The molecule has 0 spiro atoms. The molecule has 2 N–H and O–H groups in total. The molecule has 5 heteroatoms. The van der Waals surface area contributed by atoms with E-state index >= 15 is 0 Å². The highest BCUT2D eigenvalue weighted by Gasteiger charge is 2.31.